The number of H-pyrrole nitrogens is 1. The van der Waals surface area contributed by atoms with Crippen LogP contribution < -0.4 is 15.6 Å². The number of amides is 1. The average molecular weight is 448 g/mol. The third-order valence-electron chi connectivity index (χ3n) is 4.96. The zero-order chi connectivity index (χ0) is 22.3. The molecule has 0 aliphatic carbocycles. The molecule has 2 N–H and O–H groups in total. The standard InChI is InChI=1S/C19H17F5N2O3S/c1-18(19(22,23)24)7-11(10-4-5-12(20)14(21)15(10)29-2)16(30-18)17(28)26-9-3-6-13(27)25-8-9/h3-6,8,11,16H,7H2,1-2H3,(H,25,27)(H,26,28). The van der Waals surface area contributed by atoms with E-state index in [0.29, 0.717) is 11.8 Å². The van der Waals surface area contributed by atoms with Gasteiger partial charge in [0.25, 0.3) is 0 Å². The van der Waals surface area contributed by atoms with Crippen LogP contribution in [0.2, 0.25) is 0 Å². The van der Waals surface area contributed by atoms with Gasteiger partial charge in [-0.2, -0.15) is 17.6 Å². The number of methoxy groups -OCH3 is 1. The summed E-state index contributed by atoms with van der Waals surface area (Å²) < 4.78 is 71.5. The second-order valence-corrected chi connectivity index (χ2v) is 8.64. The average Bonchev–Trinajstić information content (AvgIpc) is 3.04. The Morgan fingerprint density at radius 3 is 2.53 bits per heavy atom. The fraction of sp³-hybridized carbons (Fsp3) is 0.368. The van der Waals surface area contributed by atoms with Gasteiger partial charge in [-0.25, -0.2) is 4.39 Å². The normalized spacial score (nSPS) is 24.0. The van der Waals surface area contributed by atoms with E-state index >= 15 is 0 Å². The van der Waals surface area contributed by atoms with Crippen molar-refractivity contribution in [1.29, 1.82) is 0 Å². The molecule has 1 aliphatic heterocycles. The van der Waals surface area contributed by atoms with Gasteiger partial charge in [-0.05, 0) is 25.5 Å². The van der Waals surface area contributed by atoms with E-state index in [-0.39, 0.29) is 11.3 Å². The highest BCUT2D eigenvalue weighted by Crippen LogP contribution is 2.59. The van der Waals surface area contributed by atoms with E-state index in [1.54, 1.807) is 0 Å². The second-order valence-electron chi connectivity index (χ2n) is 6.99. The summed E-state index contributed by atoms with van der Waals surface area (Å²) >= 11 is 0.402. The molecule has 1 fully saturated rings. The van der Waals surface area contributed by atoms with Crippen LogP contribution in [0.15, 0.2) is 35.3 Å². The molecule has 1 amide bonds. The summed E-state index contributed by atoms with van der Waals surface area (Å²) in [6.07, 6.45) is -3.98. The van der Waals surface area contributed by atoms with Crippen LogP contribution in [0.25, 0.3) is 0 Å². The predicted octanol–water partition coefficient (Wildman–Crippen LogP) is 4.21. The molecule has 2 aromatic rings. The Labute approximate surface area is 172 Å². The van der Waals surface area contributed by atoms with Gasteiger partial charge < -0.3 is 15.0 Å². The van der Waals surface area contributed by atoms with Gasteiger partial charge in [-0.1, -0.05) is 6.07 Å². The van der Waals surface area contributed by atoms with Gasteiger partial charge in [0, 0.05) is 23.7 Å². The highest BCUT2D eigenvalue weighted by molar-refractivity contribution is 8.02. The lowest BCUT2D eigenvalue weighted by Crippen LogP contribution is -2.37. The summed E-state index contributed by atoms with van der Waals surface area (Å²) in [5, 5.41) is 1.18. The Bertz CT molecular complexity index is 1010. The topological polar surface area (TPSA) is 71.2 Å². The Morgan fingerprint density at radius 1 is 1.27 bits per heavy atom. The molecule has 1 aliphatic rings. The molecule has 5 nitrogen and oxygen atoms in total. The number of benzene rings is 1. The van der Waals surface area contributed by atoms with E-state index in [1.807, 2.05) is 0 Å². The third-order valence-corrected chi connectivity index (χ3v) is 6.67. The number of thioether (sulfide) groups is 1. The number of ether oxygens (including phenoxy) is 1. The molecule has 0 radical (unpaired) electrons. The highest BCUT2D eigenvalue weighted by atomic mass is 32.2. The quantitative estimate of drug-likeness (QED) is 0.688. The molecule has 3 rings (SSSR count). The van der Waals surface area contributed by atoms with E-state index in [1.165, 1.54) is 12.3 Å². The summed E-state index contributed by atoms with van der Waals surface area (Å²) in [4.78, 5) is 26.3. The lowest BCUT2D eigenvalue weighted by Gasteiger charge is -2.26. The van der Waals surface area contributed by atoms with E-state index < -0.39 is 57.4 Å². The minimum Gasteiger partial charge on any atom is -0.493 e. The van der Waals surface area contributed by atoms with E-state index in [4.69, 9.17) is 4.74 Å². The molecule has 1 saturated heterocycles. The fourth-order valence-corrected chi connectivity index (χ4v) is 4.92. The van der Waals surface area contributed by atoms with E-state index in [2.05, 4.69) is 10.3 Å². The van der Waals surface area contributed by atoms with Crippen molar-refractivity contribution >= 4 is 23.4 Å². The number of anilines is 1. The summed E-state index contributed by atoms with van der Waals surface area (Å²) in [6.45, 7) is 0.963. The van der Waals surface area contributed by atoms with Gasteiger partial charge in [-0.15, -0.1) is 11.8 Å². The van der Waals surface area contributed by atoms with Crippen molar-refractivity contribution in [3.63, 3.8) is 0 Å². The maximum Gasteiger partial charge on any atom is 0.403 e. The Balaban J connectivity index is 2.02. The molecule has 1 aromatic heterocycles. The number of aromatic nitrogens is 1. The molecular weight excluding hydrogens is 431 g/mol. The van der Waals surface area contributed by atoms with Gasteiger partial charge in [0.15, 0.2) is 11.6 Å². The van der Waals surface area contributed by atoms with Crippen LogP contribution in [0, 0.1) is 11.6 Å². The number of carbonyl (C=O) groups is 1. The van der Waals surface area contributed by atoms with Crippen molar-refractivity contribution < 1.29 is 31.5 Å². The number of rotatable bonds is 4. The number of pyridine rings is 1. The second kappa shape index (κ2) is 7.93. The van der Waals surface area contributed by atoms with Gasteiger partial charge in [0.1, 0.15) is 4.75 Å². The lowest BCUT2D eigenvalue weighted by atomic mass is 9.85. The van der Waals surface area contributed by atoms with Crippen LogP contribution in [0.4, 0.5) is 27.6 Å². The molecule has 30 heavy (non-hydrogen) atoms. The summed E-state index contributed by atoms with van der Waals surface area (Å²) in [6, 6.07) is 4.36. The van der Waals surface area contributed by atoms with Crippen molar-refractivity contribution in [1.82, 2.24) is 4.98 Å². The first kappa shape index (κ1) is 22.1. The Morgan fingerprint density at radius 2 is 1.97 bits per heavy atom. The predicted molar refractivity (Wildman–Crippen MR) is 102 cm³/mol. The van der Waals surface area contributed by atoms with E-state index in [0.717, 1.165) is 32.2 Å². The molecular formula is C19H17F5N2O3S. The van der Waals surface area contributed by atoms with Crippen molar-refractivity contribution in [3.05, 3.63) is 58.0 Å². The monoisotopic (exact) mass is 448 g/mol. The van der Waals surface area contributed by atoms with Crippen molar-refractivity contribution in [2.24, 2.45) is 0 Å². The van der Waals surface area contributed by atoms with Gasteiger partial charge in [0.2, 0.25) is 17.3 Å². The molecule has 0 bridgehead atoms. The van der Waals surface area contributed by atoms with Crippen LogP contribution in [-0.4, -0.2) is 34.2 Å². The number of carbonyl (C=O) groups excluding carboxylic acids is 1. The molecule has 3 unspecified atom stereocenters. The Hall–Kier alpha value is -2.56. The smallest absolute Gasteiger partial charge is 0.403 e. The summed E-state index contributed by atoms with van der Waals surface area (Å²) in [7, 11) is 1.07. The van der Waals surface area contributed by atoms with Crippen molar-refractivity contribution in [3.8, 4) is 5.75 Å². The van der Waals surface area contributed by atoms with Crippen molar-refractivity contribution in [2.45, 2.75) is 35.4 Å². The minimum atomic E-state index is -4.64. The zero-order valence-corrected chi connectivity index (χ0v) is 16.6. The lowest BCUT2D eigenvalue weighted by molar-refractivity contribution is -0.155. The third kappa shape index (κ3) is 4.03. The number of hydrogen-bond acceptors (Lipinski definition) is 4. The number of alkyl halides is 3. The van der Waals surface area contributed by atoms with E-state index in [9.17, 15) is 31.5 Å². The van der Waals surface area contributed by atoms with Crippen LogP contribution in [0.3, 0.4) is 0 Å². The largest absolute Gasteiger partial charge is 0.493 e. The van der Waals surface area contributed by atoms with Gasteiger partial charge >= 0.3 is 6.18 Å². The molecule has 11 heteroatoms. The maximum atomic E-state index is 14.2. The molecule has 162 valence electrons. The first-order valence-corrected chi connectivity index (χ1v) is 9.61. The SMILES string of the molecule is COc1c(C2CC(C)(C(F)(F)F)SC2C(=O)Nc2ccc(=O)[nH]c2)ccc(F)c1F. The first-order chi connectivity index (χ1) is 14.0. The maximum absolute atomic E-state index is 14.2. The van der Waals surface area contributed by atoms with Crippen LogP contribution >= 0.6 is 11.8 Å². The molecule has 0 spiro atoms. The fourth-order valence-electron chi connectivity index (χ4n) is 3.38. The number of aromatic amines is 1. The highest BCUT2D eigenvalue weighted by Gasteiger charge is 2.60. The van der Waals surface area contributed by atoms with Crippen LogP contribution in [0.5, 0.6) is 5.75 Å². The van der Waals surface area contributed by atoms with Gasteiger partial charge in [0.05, 0.1) is 18.0 Å². The molecule has 1 aromatic carbocycles. The summed E-state index contributed by atoms with van der Waals surface area (Å²) in [5.41, 5.74) is -0.271. The minimum absolute atomic E-state index is 0.0292. The summed E-state index contributed by atoms with van der Waals surface area (Å²) in [5.74, 6) is -4.95. The van der Waals surface area contributed by atoms with Crippen LogP contribution in [0.1, 0.15) is 24.8 Å². The molecule has 0 saturated carbocycles. The Kier molecular flexibility index (Phi) is 5.85. The van der Waals surface area contributed by atoms with Crippen LogP contribution in [-0.2, 0) is 4.79 Å². The van der Waals surface area contributed by atoms with Gasteiger partial charge in [-0.3, -0.25) is 9.59 Å². The molecule has 3 atom stereocenters. The molecule has 2 heterocycles. The first-order valence-electron chi connectivity index (χ1n) is 8.73. The number of nitrogens with one attached hydrogen (secondary N) is 2. The zero-order valence-electron chi connectivity index (χ0n) is 15.8. The van der Waals surface area contributed by atoms with Crippen molar-refractivity contribution in [2.75, 3.05) is 12.4 Å². The number of halogens is 5. The number of hydrogen-bond donors (Lipinski definition) is 2.